The Labute approximate surface area is 217 Å². The van der Waals surface area contributed by atoms with Gasteiger partial charge in [-0.15, -0.1) is 0 Å². The first-order valence-electron chi connectivity index (χ1n) is 13.4. The highest BCUT2D eigenvalue weighted by Crippen LogP contribution is 2.56. The summed E-state index contributed by atoms with van der Waals surface area (Å²) in [5.74, 6) is -1.88. The predicted octanol–water partition coefficient (Wildman–Crippen LogP) is 3.94. The number of likely N-dealkylation sites (tertiary alicyclic amines) is 1. The predicted molar refractivity (Wildman–Crippen MR) is 138 cm³/mol. The lowest BCUT2D eigenvalue weighted by atomic mass is 9.81. The quantitative estimate of drug-likeness (QED) is 0.414. The monoisotopic (exact) mass is 502 g/mol. The van der Waals surface area contributed by atoms with Crippen LogP contribution in [0.5, 0.6) is 0 Å². The molecule has 194 valence electrons. The van der Waals surface area contributed by atoms with E-state index >= 15 is 0 Å². The molecule has 5 atom stereocenters. The Hall–Kier alpha value is -3.48. The molecule has 3 aliphatic rings. The molecule has 0 spiro atoms. The van der Waals surface area contributed by atoms with Gasteiger partial charge in [0.15, 0.2) is 6.61 Å². The highest BCUT2D eigenvalue weighted by Gasteiger charge is 2.62. The van der Waals surface area contributed by atoms with E-state index in [9.17, 15) is 19.2 Å². The first kappa shape index (κ1) is 25.2. The first-order valence-corrected chi connectivity index (χ1v) is 13.4. The van der Waals surface area contributed by atoms with Gasteiger partial charge in [0.2, 0.25) is 11.8 Å². The van der Waals surface area contributed by atoms with Crippen molar-refractivity contribution in [2.75, 3.05) is 11.9 Å². The standard InChI is InChI=1S/C30H34N2O5/c1-3-19-11-8-12-20(4-2)27(19)31-24(33)17-37-30(36)23(15-18-9-6-5-7-10-18)32-28(34)25-21-13-14-22(16-21)26(25)29(32)35/h5-12,21-23,25-26H,3-4,13-17H2,1-2H3,(H,31,33)/t21-,22-,23+,25-,26+/m0/s1. The van der Waals surface area contributed by atoms with E-state index in [4.69, 9.17) is 4.74 Å². The molecule has 0 unspecified atom stereocenters. The number of hydrogen-bond acceptors (Lipinski definition) is 5. The SMILES string of the molecule is CCc1cccc(CC)c1NC(=O)COC(=O)[C@@H](Cc1ccccc1)N1C(=O)[C@@H]2[C@H]3CC[C@@H](C3)[C@@H]2C1=O. The molecule has 1 saturated heterocycles. The van der Waals surface area contributed by atoms with E-state index in [-0.39, 0.29) is 41.9 Å². The summed E-state index contributed by atoms with van der Waals surface area (Å²) >= 11 is 0. The van der Waals surface area contributed by atoms with Gasteiger partial charge in [0.25, 0.3) is 5.91 Å². The summed E-state index contributed by atoms with van der Waals surface area (Å²) in [4.78, 5) is 54.3. The van der Waals surface area contributed by atoms with Gasteiger partial charge in [-0.1, -0.05) is 62.4 Å². The Bertz CT molecular complexity index is 1160. The summed E-state index contributed by atoms with van der Waals surface area (Å²) in [6, 6.07) is 14.1. The number of rotatable bonds is 9. The van der Waals surface area contributed by atoms with Crippen molar-refractivity contribution in [3.05, 3.63) is 65.2 Å². The molecule has 2 aliphatic carbocycles. The molecular weight excluding hydrogens is 468 g/mol. The van der Waals surface area contributed by atoms with E-state index in [1.54, 1.807) is 0 Å². The number of fused-ring (bicyclic) bond motifs is 5. The number of para-hydroxylation sites is 1. The zero-order valence-corrected chi connectivity index (χ0v) is 21.4. The topological polar surface area (TPSA) is 92.8 Å². The minimum absolute atomic E-state index is 0.159. The molecule has 2 aromatic carbocycles. The number of nitrogens with zero attached hydrogens (tertiary/aromatic N) is 1. The second-order valence-electron chi connectivity index (χ2n) is 10.5. The number of carbonyl (C=O) groups excluding carboxylic acids is 4. The van der Waals surface area contributed by atoms with Gasteiger partial charge < -0.3 is 10.1 Å². The molecule has 7 heteroatoms. The zero-order valence-electron chi connectivity index (χ0n) is 21.4. The first-order chi connectivity index (χ1) is 17.9. The fraction of sp³-hybridized carbons (Fsp3) is 0.467. The average molecular weight is 503 g/mol. The molecule has 37 heavy (non-hydrogen) atoms. The summed E-state index contributed by atoms with van der Waals surface area (Å²) in [5.41, 5.74) is 3.59. The number of imide groups is 1. The van der Waals surface area contributed by atoms with Crippen molar-refractivity contribution in [3.63, 3.8) is 0 Å². The van der Waals surface area contributed by atoms with Crippen LogP contribution in [0.1, 0.15) is 49.8 Å². The second kappa shape index (κ2) is 10.5. The minimum Gasteiger partial charge on any atom is -0.454 e. The van der Waals surface area contributed by atoms with Crippen LogP contribution in [0.15, 0.2) is 48.5 Å². The lowest BCUT2D eigenvalue weighted by molar-refractivity contribution is -0.160. The van der Waals surface area contributed by atoms with Crippen molar-refractivity contribution in [2.24, 2.45) is 23.7 Å². The second-order valence-corrected chi connectivity index (χ2v) is 10.5. The summed E-state index contributed by atoms with van der Waals surface area (Å²) in [6.45, 7) is 3.55. The van der Waals surface area contributed by atoms with E-state index in [2.05, 4.69) is 5.32 Å². The molecule has 5 rings (SSSR count). The van der Waals surface area contributed by atoms with Crippen molar-refractivity contribution in [1.82, 2.24) is 4.90 Å². The lowest BCUT2D eigenvalue weighted by Gasteiger charge is -2.26. The molecule has 2 aromatic rings. The fourth-order valence-corrected chi connectivity index (χ4v) is 6.67. The average Bonchev–Trinajstić information content (AvgIpc) is 3.60. The molecule has 1 N–H and O–H groups in total. The molecule has 0 radical (unpaired) electrons. The Morgan fingerprint density at radius 1 is 0.919 bits per heavy atom. The van der Waals surface area contributed by atoms with Crippen molar-refractivity contribution < 1.29 is 23.9 Å². The van der Waals surface area contributed by atoms with E-state index < -0.39 is 24.5 Å². The van der Waals surface area contributed by atoms with Gasteiger partial charge in [0, 0.05) is 12.1 Å². The van der Waals surface area contributed by atoms with Crippen LogP contribution in [0.4, 0.5) is 5.69 Å². The summed E-state index contributed by atoms with van der Waals surface area (Å²) in [5, 5.41) is 2.90. The number of benzene rings is 2. The van der Waals surface area contributed by atoms with Crippen molar-refractivity contribution in [3.8, 4) is 0 Å². The zero-order chi connectivity index (χ0) is 26.1. The van der Waals surface area contributed by atoms with Crippen LogP contribution in [0.25, 0.3) is 0 Å². The number of aryl methyl sites for hydroxylation is 2. The Balaban J connectivity index is 1.32. The van der Waals surface area contributed by atoms with Crippen LogP contribution >= 0.6 is 0 Å². The smallest absolute Gasteiger partial charge is 0.330 e. The normalized spacial score (nSPS) is 24.8. The third-order valence-corrected chi connectivity index (χ3v) is 8.43. The fourth-order valence-electron chi connectivity index (χ4n) is 6.67. The van der Waals surface area contributed by atoms with Gasteiger partial charge in [-0.05, 0) is 60.6 Å². The Morgan fingerprint density at radius 3 is 2.08 bits per heavy atom. The molecule has 2 bridgehead atoms. The number of esters is 1. The third-order valence-electron chi connectivity index (χ3n) is 8.43. The summed E-state index contributed by atoms with van der Waals surface area (Å²) in [6.07, 6.45) is 4.52. The third kappa shape index (κ3) is 4.67. The van der Waals surface area contributed by atoms with Gasteiger partial charge in [-0.3, -0.25) is 19.3 Å². The maximum absolute atomic E-state index is 13.5. The van der Waals surface area contributed by atoms with E-state index in [0.29, 0.717) is 0 Å². The highest BCUT2D eigenvalue weighted by molar-refractivity contribution is 6.08. The van der Waals surface area contributed by atoms with Gasteiger partial charge >= 0.3 is 5.97 Å². The lowest BCUT2D eigenvalue weighted by Crippen LogP contribution is -2.48. The van der Waals surface area contributed by atoms with Crippen LogP contribution in [-0.4, -0.2) is 41.2 Å². The molecule has 1 aliphatic heterocycles. The molecule has 3 fully saturated rings. The number of amides is 3. The van der Waals surface area contributed by atoms with Crippen LogP contribution in [-0.2, 0) is 43.2 Å². The van der Waals surface area contributed by atoms with Crippen LogP contribution < -0.4 is 5.32 Å². The number of anilines is 1. The van der Waals surface area contributed by atoms with E-state index in [1.807, 2.05) is 62.4 Å². The molecular formula is C30H34N2O5. The van der Waals surface area contributed by atoms with E-state index in [1.165, 1.54) is 0 Å². The van der Waals surface area contributed by atoms with Crippen molar-refractivity contribution >= 4 is 29.4 Å². The van der Waals surface area contributed by atoms with E-state index in [0.717, 1.165) is 59.4 Å². The Kier molecular flexibility index (Phi) is 7.13. The van der Waals surface area contributed by atoms with Gasteiger partial charge in [0.05, 0.1) is 11.8 Å². The largest absolute Gasteiger partial charge is 0.454 e. The molecule has 1 heterocycles. The molecule has 2 saturated carbocycles. The van der Waals surface area contributed by atoms with Crippen LogP contribution in [0.2, 0.25) is 0 Å². The van der Waals surface area contributed by atoms with Crippen LogP contribution in [0, 0.1) is 23.7 Å². The maximum Gasteiger partial charge on any atom is 0.330 e. The highest BCUT2D eigenvalue weighted by atomic mass is 16.5. The molecule has 0 aromatic heterocycles. The van der Waals surface area contributed by atoms with Crippen LogP contribution in [0.3, 0.4) is 0 Å². The minimum atomic E-state index is -1.09. The number of ether oxygens (including phenoxy) is 1. The number of nitrogens with one attached hydrogen (secondary N) is 1. The molecule has 3 amide bonds. The molecule has 7 nitrogen and oxygen atoms in total. The van der Waals surface area contributed by atoms with Gasteiger partial charge in [-0.2, -0.15) is 0 Å². The van der Waals surface area contributed by atoms with Crippen molar-refractivity contribution in [2.45, 2.75) is 58.4 Å². The van der Waals surface area contributed by atoms with Crippen molar-refractivity contribution in [1.29, 1.82) is 0 Å². The Morgan fingerprint density at radius 2 is 1.51 bits per heavy atom. The number of hydrogen-bond donors (Lipinski definition) is 1. The van der Waals surface area contributed by atoms with Gasteiger partial charge in [-0.25, -0.2) is 4.79 Å². The maximum atomic E-state index is 13.5. The number of carbonyl (C=O) groups is 4. The summed E-state index contributed by atoms with van der Waals surface area (Å²) < 4.78 is 5.46. The van der Waals surface area contributed by atoms with Gasteiger partial charge in [0.1, 0.15) is 6.04 Å². The summed E-state index contributed by atoms with van der Waals surface area (Å²) in [7, 11) is 0.